The van der Waals surface area contributed by atoms with Gasteiger partial charge in [0.05, 0.1) is 0 Å². The van der Waals surface area contributed by atoms with Gasteiger partial charge in [0.15, 0.2) is 0 Å². The lowest BCUT2D eigenvalue weighted by atomic mass is 9.90. The van der Waals surface area contributed by atoms with Crippen LogP contribution >= 0.6 is 11.3 Å². The zero-order valence-corrected chi connectivity index (χ0v) is 17.5. The lowest BCUT2D eigenvalue weighted by Gasteiger charge is -2.37. The number of thiophene rings is 1. The third kappa shape index (κ3) is 4.29. The summed E-state index contributed by atoms with van der Waals surface area (Å²) in [5.74, 6) is 1.54. The minimum absolute atomic E-state index is 0.0394. The van der Waals surface area contributed by atoms with Gasteiger partial charge in [0.1, 0.15) is 10.8 Å². The van der Waals surface area contributed by atoms with Crippen molar-refractivity contribution >= 4 is 23.2 Å². The van der Waals surface area contributed by atoms with Crippen LogP contribution in [0.15, 0.2) is 22.3 Å². The van der Waals surface area contributed by atoms with Gasteiger partial charge in [0.2, 0.25) is 11.8 Å². The van der Waals surface area contributed by atoms with Crippen LogP contribution in [0.25, 0.3) is 5.00 Å². The largest absolute Gasteiger partial charge is 0.348 e. The molecule has 2 saturated heterocycles. The maximum absolute atomic E-state index is 12.9. The fraction of sp³-hybridized carbons (Fsp3) is 0.600. The van der Waals surface area contributed by atoms with Gasteiger partial charge in [-0.1, -0.05) is 0 Å². The lowest BCUT2D eigenvalue weighted by molar-refractivity contribution is -0.141. The fourth-order valence-electron chi connectivity index (χ4n) is 4.41. The van der Waals surface area contributed by atoms with Crippen LogP contribution in [0.1, 0.15) is 38.4 Å². The van der Waals surface area contributed by atoms with Gasteiger partial charge in [-0.15, -0.1) is 11.3 Å². The predicted octanol–water partition coefficient (Wildman–Crippen LogP) is 1.66. The van der Waals surface area contributed by atoms with Crippen LogP contribution in [0.4, 0.5) is 0 Å². The molecule has 1 N–H and O–H groups in total. The summed E-state index contributed by atoms with van der Waals surface area (Å²) in [7, 11) is 0. The van der Waals surface area contributed by atoms with Crippen molar-refractivity contribution in [3.63, 3.8) is 0 Å². The van der Waals surface area contributed by atoms with Crippen molar-refractivity contribution in [2.75, 3.05) is 26.2 Å². The molecule has 0 atom stereocenters. The van der Waals surface area contributed by atoms with Crippen LogP contribution in [-0.4, -0.2) is 62.6 Å². The number of piperidine rings is 2. The topological polar surface area (TPSA) is 91.3 Å². The predicted molar refractivity (Wildman–Crippen MR) is 110 cm³/mol. The van der Waals surface area contributed by atoms with E-state index in [1.165, 1.54) is 11.3 Å². The van der Waals surface area contributed by atoms with Gasteiger partial charge in [-0.3, -0.25) is 9.59 Å². The van der Waals surface area contributed by atoms with Crippen LogP contribution in [0.3, 0.4) is 0 Å². The molecule has 2 aliphatic heterocycles. The van der Waals surface area contributed by atoms with E-state index in [2.05, 4.69) is 10.2 Å². The van der Waals surface area contributed by atoms with Crippen LogP contribution in [0.2, 0.25) is 0 Å². The summed E-state index contributed by atoms with van der Waals surface area (Å²) < 4.78 is 1.66. The number of amides is 2. The van der Waals surface area contributed by atoms with Crippen molar-refractivity contribution in [3.8, 4) is 5.00 Å². The van der Waals surface area contributed by atoms with Gasteiger partial charge >= 0.3 is 5.69 Å². The van der Waals surface area contributed by atoms with Crippen LogP contribution in [0, 0.1) is 11.8 Å². The summed E-state index contributed by atoms with van der Waals surface area (Å²) in [6.07, 6.45) is 4.10. The van der Waals surface area contributed by atoms with E-state index in [9.17, 15) is 14.4 Å². The molecule has 2 fully saturated rings. The average Bonchev–Trinajstić information content (AvgIpc) is 3.38. The summed E-state index contributed by atoms with van der Waals surface area (Å²) in [5.41, 5.74) is -0.202. The second kappa shape index (κ2) is 8.52. The van der Waals surface area contributed by atoms with Crippen molar-refractivity contribution in [2.45, 2.75) is 39.0 Å². The molecule has 2 amide bonds. The quantitative estimate of drug-likeness (QED) is 0.819. The van der Waals surface area contributed by atoms with Gasteiger partial charge in [0, 0.05) is 45.4 Å². The molecule has 29 heavy (non-hydrogen) atoms. The first-order valence-corrected chi connectivity index (χ1v) is 11.2. The number of likely N-dealkylation sites (tertiary alicyclic amines) is 2. The second-order valence-corrected chi connectivity index (χ2v) is 8.91. The minimum Gasteiger partial charge on any atom is -0.343 e. The molecule has 8 nitrogen and oxygen atoms in total. The highest BCUT2D eigenvalue weighted by Gasteiger charge is 2.32. The van der Waals surface area contributed by atoms with E-state index in [1.54, 1.807) is 11.5 Å². The third-order valence-electron chi connectivity index (χ3n) is 6.16. The molecular weight excluding hydrogens is 390 g/mol. The zero-order valence-electron chi connectivity index (χ0n) is 16.7. The van der Waals surface area contributed by atoms with Gasteiger partial charge in [0.25, 0.3) is 0 Å². The molecule has 0 radical (unpaired) electrons. The van der Waals surface area contributed by atoms with Gasteiger partial charge < -0.3 is 9.80 Å². The summed E-state index contributed by atoms with van der Waals surface area (Å²) in [5, 5.41) is 9.63. The normalized spacial score (nSPS) is 18.9. The molecule has 2 aromatic heterocycles. The van der Waals surface area contributed by atoms with E-state index in [0.29, 0.717) is 19.0 Å². The van der Waals surface area contributed by atoms with E-state index < -0.39 is 0 Å². The van der Waals surface area contributed by atoms with E-state index in [4.69, 9.17) is 0 Å². The molecule has 0 saturated carbocycles. The molecule has 0 unspecified atom stereocenters. The van der Waals surface area contributed by atoms with Crippen LogP contribution in [0.5, 0.6) is 0 Å². The number of rotatable bonds is 4. The summed E-state index contributed by atoms with van der Waals surface area (Å²) in [4.78, 5) is 40.3. The monoisotopic (exact) mass is 417 g/mol. The molecule has 4 heterocycles. The van der Waals surface area contributed by atoms with Crippen molar-refractivity contribution < 1.29 is 9.59 Å². The lowest BCUT2D eigenvalue weighted by Crippen LogP contribution is -2.46. The molecule has 0 aromatic carbocycles. The standard InChI is InChI=1S/C20H27N5O3S/c1-14(26)23-10-6-16(7-11-23)19(27)24-8-4-15(5-9-24)13-17-21-22-20(28)25(17)18-3-2-12-29-18/h2-3,12,15-16H,4-11,13H2,1H3,(H,22,28). The average molecular weight is 418 g/mol. The molecule has 4 rings (SSSR count). The number of aromatic amines is 1. The van der Waals surface area contributed by atoms with Crippen molar-refractivity contribution in [3.05, 3.63) is 33.8 Å². The van der Waals surface area contributed by atoms with Crippen molar-refractivity contribution in [1.29, 1.82) is 0 Å². The highest BCUT2D eigenvalue weighted by Crippen LogP contribution is 2.26. The molecule has 9 heteroatoms. The first-order chi connectivity index (χ1) is 14.0. The molecule has 0 spiro atoms. The van der Waals surface area contributed by atoms with E-state index in [-0.39, 0.29) is 23.4 Å². The molecule has 0 bridgehead atoms. The number of aromatic nitrogens is 3. The molecular formula is C20H27N5O3S. The molecule has 156 valence electrons. The van der Waals surface area contributed by atoms with Crippen LogP contribution in [-0.2, 0) is 16.0 Å². The Balaban J connectivity index is 1.31. The number of carbonyl (C=O) groups excluding carboxylic acids is 2. The highest BCUT2D eigenvalue weighted by atomic mass is 32.1. The number of nitrogens with one attached hydrogen (secondary N) is 1. The van der Waals surface area contributed by atoms with Crippen LogP contribution < -0.4 is 5.69 Å². The van der Waals surface area contributed by atoms with Gasteiger partial charge in [-0.05, 0) is 49.1 Å². The number of carbonyl (C=O) groups is 2. The molecule has 2 aliphatic rings. The third-order valence-corrected chi connectivity index (χ3v) is 7.01. The number of hydrogen-bond acceptors (Lipinski definition) is 5. The Morgan fingerprint density at radius 2 is 1.83 bits per heavy atom. The summed E-state index contributed by atoms with van der Waals surface area (Å²) >= 11 is 1.52. The Bertz CT molecular complexity index is 903. The number of hydrogen-bond donors (Lipinski definition) is 1. The first kappa shape index (κ1) is 19.9. The minimum atomic E-state index is -0.202. The van der Waals surface area contributed by atoms with E-state index in [0.717, 1.165) is 56.0 Å². The molecule has 0 aliphatic carbocycles. The van der Waals surface area contributed by atoms with E-state index in [1.807, 2.05) is 27.3 Å². The summed E-state index contributed by atoms with van der Waals surface area (Å²) in [6.45, 7) is 4.46. The fourth-order valence-corrected chi connectivity index (χ4v) is 5.15. The smallest absolute Gasteiger partial charge is 0.343 e. The Morgan fingerprint density at radius 1 is 1.14 bits per heavy atom. The zero-order chi connectivity index (χ0) is 20.4. The second-order valence-electron chi connectivity index (χ2n) is 7.98. The Hall–Kier alpha value is -2.42. The summed E-state index contributed by atoms with van der Waals surface area (Å²) in [6, 6.07) is 3.85. The van der Waals surface area contributed by atoms with Crippen molar-refractivity contribution in [2.24, 2.45) is 11.8 Å². The van der Waals surface area contributed by atoms with E-state index >= 15 is 0 Å². The maximum Gasteiger partial charge on any atom is 0.348 e. The highest BCUT2D eigenvalue weighted by molar-refractivity contribution is 7.12. The first-order valence-electron chi connectivity index (χ1n) is 10.3. The Labute approximate surface area is 173 Å². The van der Waals surface area contributed by atoms with Gasteiger partial charge in [-0.2, -0.15) is 5.10 Å². The Morgan fingerprint density at radius 3 is 2.45 bits per heavy atom. The van der Waals surface area contributed by atoms with Crippen molar-refractivity contribution in [1.82, 2.24) is 24.6 Å². The Kier molecular flexibility index (Phi) is 5.84. The van der Waals surface area contributed by atoms with Gasteiger partial charge in [-0.25, -0.2) is 14.5 Å². The number of H-pyrrole nitrogens is 1. The molecule has 2 aromatic rings. The maximum atomic E-state index is 12.9. The number of nitrogens with zero attached hydrogens (tertiary/aromatic N) is 4. The SMILES string of the molecule is CC(=O)N1CCC(C(=O)N2CCC(Cc3n[nH]c(=O)n3-c3cccs3)CC2)CC1.